The largest absolute Gasteiger partial charge is 0.347 e. The van der Waals surface area contributed by atoms with E-state index in [0.717, 1.165) is 6.07 Å². The summed E-state index contributed by atoms with van der Waals surface area (Å²) in [5.41, 5.74) is 1.38. The average Bonchev–Trinajstić information content (AvgIpc) is 2.64. The highest BCUT2D eigenvalue weighted by Gasteiger charge is 2.29. The number of non-ortho nitro benzene ring substituents is 1. The third-order valence-electron chi connectivity index (χ3n) is 4.84. The number of carbonyl (C=O) groups excluding carboxylic acids is 1. The van der Waals surface area contributed by atoms with E-state index in [-0.39, 0.29) is 23.6 Å². The molecule has 142 valence electrons. The van der Waals surface area contributed by atoms with Crippen molar-refractivity contribution >= 4 is 11.6 Å². The molecule has 2 N–H and O–H groups in total. The minimum atomic E-state index is -0.915. The summed E-state index contributed by atoms with van der Waals surface area (Å²) in [7, 11) is 0. The van der Waals surface area contributed by atoms with Gasteiger partial charge < -0.3 is 10.6 Å². The number of nitrogens with zero attached hydrogens (tertiary/aromatic N) is 1. The van der Waals surface area contributed by atoms with Crippen LogP contribution >= 0.6 is 0 Å². The number of rotatable bonds is 4. The third kappa shape index (κ3) is 4.11. The lowest BCUT2D eigenvalue weighted by molar-refractivity contribution is -0.384. The lowest BCUT2D eigenvalue weighted by Crippen LogP contribution is -2.50. The summed E-state index contributed by atoms with van der Waals surface area (Å²) in [6.45, 7) is 2.82. The summed E-state index contributed by atoms with van der Waals surface area (Å²) in [5, 5.41) is 16.9. The van der Waals surface area contributed by atoms with Crippen LogP contribution in [0.25, 0.3) is 0 Å². The maximum atomic E-state index is 13.6. The van der Waals surface area contributed by atoms with E-state index in [0.29, 0.717) is 36.2 Å². The Hall–Kier alpha value is -2.87. The molecule has 2 unspecified atom stereocenters. The van der Waals surface area contributed by atoms with Gasteiger partial charge in [0.15, 0.2) is 11.6 Å². The second-order valence-electron chi connectivity index (χ2n) is 6.61. The first kappa shape index (κ1) is 18.9. The minimum Gasteiger partial charge on any atom is -0.347 e. The van der Waals surface area contributed by atoms with E-state index >= 15 is 0 Å². The molecule has 0 aromatic heterocycles. The number of amides is 1. The van der Waals surface area contributed by atoms with Gasteiger partial charge in [0, 0.05) is 36.2 Å². The van der Waals surface area contributed by atoms with E-state index in [1.807, 2.05) is 0 Å². The number of aryl methyl sites for hydroxylation is 1. The lowest BCUT2D eigenvalue weighted by Gasteiger charge is -2.33. The molecule has 3 rings (SSSR count). The molecule has 2 aromatic rings. The first-order valence-electron chi connectivity index (χ1n) is 8.58. The standard InChI is InChI=1S/C19H19F2N3O3/c1-11-8-13(24(26)27)3-4-14(11)19(25)23-18-10-22-7-6-15(18)12-2-5-16(20)17(21)9-12/h2-5,8-9,15,18,22H,6-7,10H2,1H3,(H,23,25). The van der Waals surface area contributed by atoms with Crippen LogP contribution in [0.3, 0.4) is 0 Å². The second kappa shape index (κ2) is 7.79. The highest BCUT2D eigenvalue weighted by Crippen LogP contribution is 2.27. The fourth-order valence-electron chi connectivity index (χ4n) is 3.41. The van der Waals surface area contributed by atoms with Gasteiger partial charge in [-0.3, -0.25) is 14.9 Å². The van der Waals surface area contributed by atoms with Gasteiger partial charge in [-0.1, -0.05) is 6.07 Å². The van der Waals surface area contributed by atoms with Gasteiger partial charge in [0.25, 0.3) is 11.6 Å². The van der Waals surface area contributed by atoms with E-state index in [2.05, 4.69) is 10.6 Å². The molecule has 1 saturated heterocycles. The Bertz CT molecular complexity index is 888. The Balaban J connectivity index is 1.80. The smallest absolute Gasteiger partial charge is 0.269 e. The van der Waals surface area contributed by atoms with Crippen molar-refractivity contribution in [1.29, 1.82) is 0 Å². The first-order chi connectivity index (χ1) is 12.9. The van der Waals surface area contributed by atoms with Gasteiger partial charge in [-0.15, -0.1) is 0 Å². The molecule has 2 aromatic carbocycles. The Labute approximate surface area is 154 Å². The number of nitro benzene ring substituents is 1. The fourth-order valence-corrected chi connectivity index (χ4v) is 3.41. The highest BCUT2D eigenvalue weighted by atomic mass is 19.2. The van der Waals surface area contributed by atoms with E-state index in [9.17, 15) is 23.7 Å². The molecule has 8 heteroatoms. The number of nitrogens with one attached hydrogen (secondary N) is 2. The van der Waals surface area contributed by atoms with Crippen molar-refractivity contribution in [2.24, 2.45) is 0 Å². The minimum absolute atomic E-state index is 0.0805. The normalized spacial score (nSPS) is 19.5. The van der Waals surface area contributed by atoms with Gasteiger partial charge in [0.2, 0.25) is 0 Å². The highest BCUT2D eigenvalue weighted by molar-refractivity contribution is 5.96. The monoisotopic (exact) mass is 375 g/mol. The van der Waals surface area contributed by atoms with Gasteiger partial charge >= 0.3 is 0 Å². The number of carbonyl (C=O) groups is 1. The molecule has 0 bridgehead atoms. The summed E-state index contributed by atoms with van der Waals surface area (Å²) in [6, 6.07) is 7.53. The van der Waals surface area contributed by atoms with Gasteiger partial charge in [-0.2, -0.15) is 0 Å². The SMILES string of the molecule is Cc1cc([N+](=O)[O-])ccc1C(=O)NC1CNCCC1c1ccc(F)c(F)c1. The van der Waals surface area contributed by atoms with Crippen LogP contribution in [0.15, 0.2) is 36.4 Å². The molecule has 0 spiro atoms. The van der Waals surface area contributed by atoms with Crippen LogP contribution in [-0.4, -0.2) is 30.0 Å². The molecular weight excluding hydrogens is 356 g/mol. The van der Waals surface area contributed by atoms with Crippen LogP contribution in [0.1, 0.15) is 33.8 Å². The van der Waals surface area contributed by atoms with Gasteiger partial charge in [-0.25, -0.2) is 8.78 Å². The molecule has 2 atom stereocenters. The molecule has 0 saturated carbocycles. The second-order valence-corrected chi connectivity index (χ2v) is 6.61. The van der Waals surface area contributed by atoms with Gasteiger partial charge in [0.05, 0.1) is 4.92 Å². The number of benzene rings is 2. The van der Waals surface area contributed by atoms with Crippen molar-refractivity contribution in [2.45, 2.75) is 25.3 Å². The van der Waals surface area contributed by atoms with Crippen LogP contribution in [0.5, 0.6) is 0 Å². The fraction of sp³-hybridized carbons (Fsp3) is 0.316. The zero-order valence-corrected chi connectivity index (χ0v) is 14.7. The molecule has 1 aliphatic heterocycles. The number of hydrogen-bond donors (Lipinski definition) is 2. The Morgan fingerprint density at radius 2 is 2.00 bits per heavy atom. The van der Waals surface area contributed by atoms with E-state index < -0.39 is 16.6 Å². The van der Waals surface area contributed by atoms with Crippen molar-refractivity contribution in [3.8, 4) is 0 Å². The molecule has 0 radical (unpaired) electrons. The predicted octanol–water partition coefficient (Wildman–Crippen LogP) is 3.06. The predicted molar refractivity (Wildman–Crippen MR) is 95.7 cm³/mol. The van der Waals surface area contributed by atoms with Crippen molar-refractivity contribution < 1.29 is 18.5 Å². The molecule has 1 fully saturated rings. The molecule has 1 heterocycles. The van der Waals surface area contributed by atoms with E-state index in [1.54, 1.807) is 6.92 Å². The van der Waals surface area contributed by atoms with Crippen molar-refractivity contribution in [2.75, 3.05) is 13.1 Å². The third-order valence-corrected chi connectivity index (χ3v) is 4.84. The van der Waals surface area contributed by atoms with Crippen molar-refractivity contribution in [3.63, 3.8) is 0 Å². The number of nitro groups is 1. The van der Waals surface area contributed by atoms with Crippen LogP contribution in [0, 0.1) is 28.7 Å². The molecule has 0 aliphatic carbocycles. The topological polar surface area (TPSA) is 84.3 Å². The zero-order chi connectivity index (χ0) is 19.6. The Morgan fingerprint density at radius 3 is 2.67 bits per heavy atom. The number of halogens is 2. The maximum Gasteiger partial charge on any atom is 0.269 e. The number of hydrogen-bond acceptors (Lipinski definition) is 4. The number of piperidine rings is 1. The summed E-state index contributed by atoms with van der Waals surface area (Å²) >= 11 is 0. The van der Waals surface area contributed by atoms with Crippen LogP contribution in [0.4, 0.5) is 14.5 Å². The summed E-state index contributed by atoms with van der Waals surface area (Å²) in [6.07, 6.45) is 0.662. The molecule has 6 nitrogen and oxygen atoms in total. The Kier molecular flexibility index (Phi) is 5.46. The van der Waals surface area contributed by atoms with Crippen molar-refractivity contribution in [1.82, 2.24) is 10.6 Å². The van der Waals surface area contributed by atoms with E-state index in [4.69, 9.17) is 0 Å². The quantitative estimate of drug-likeness (QED) is 0.635. The van der Waals surface area contributed by atoms with Crippen LogP contribution in [0.2, 0.25) is 0 Å². The average molecular weight is 375 g/mol. The maximum absolute atomic E-state index is 13.6. The van der Waals surface area contributed by atoms with Crippen molar-refractivity contribution in [3.05, 3.63) is 74.8 Å². The first-order valence-corrected chi connectivity index (χ1v) is 8.58. The molecule has 1 amide bonds. The van der Waals surface area contributed by atoms with Gasteiger partial charge in [-0.05, 0) is 49.2 Å². The Morgan fingerprint density at radius 1 is 1.22 bits per heavy atom. The summed E-state index contributed by atoms with van der Waals surface area (Å²) < 4.78 is 26.8. The summed E-state index contributed by atoms with van der Waals surface area (Å²) in [5.74, 6) is -2.34. The zero-order valence-electron chi connectivity index (χ0n) is 14.7. The van der Waals surface area contributed by atoms with Gasteiger partial charge in [0.1, 0.15) is 0 Å². The lowest BCUT2D eigenvalue weighted by atomic mass is 9.85. The molecular formula is C19H19F2N3O3. The molecule has 1 aliphatic rings. The van der Waals surface area contributed by atoms with Crippen LogP contribution in [-0.2, 0) is 0 Å². The van der Waals surface area contributed by atoms with E-state index in [1.165, 1.54) is 30.3 Å². The summed E-state index contributed by atoms with van der Waals surface area (Å²) in [4.78, 5) is 23.0. The van der Waals surface area contributed by atoms with Crippen LogP contribution < -0.4 is 10.6 Å². The molecule has 27 heavy (non-hydrogen) atoms.